The van der Waals surface area contributed by atoms with E-state index in [1.165, 1.54) is 11.3 Å². The highest BCUT2D eigenvalue weighted by atomic mass is 35.5. The smallest absolute Gasteiger partial charge is 0.263 e. The summed E-state index contributed by atoms with van der Waals surface area (Å²) in [7, 11) is 0. The molecule has 2 N–H and O–H groups in total. The van der Waals surface area contributed by atoms with Gasteiger partial charge in [0.1, 0.15) is 4.88 Å². The molecule has 0 radical (unpaired) electrons. The van der Waals surface area contributed by atoms with E-state index in [0.717, 1.165) is 47.1 Å². The summed E-state index contributed by atoms with van der Waals surface area (Å²) in [4.78, 5) is 17.8. The van der Waals surface area contributed by atoms with E-state index in [9.17, 15) is 4.79 Å². The number of amides is 1. The number of hydrogen-bond acceptors (Lipinski definition) is 4. The van der Waals surface area contributed by atoms with Gasteiger partial charge in [0, 0.05) is 11.6 Å². The number of piperidine rings is 1. The number of rotatable bonds is 3. The first-order valence-corrected chi connectivity index (χ1v) is 8.10. The van der Waals surface area contributed by atoms with Crippen LogP contribution in [0.3, 0.4) is 0 Å². The molecular weight excluding hydrogens is 353 g/mol. The maximum absolute atomic E-state index is 12.6. The number of carbonyl (C=O) groups is 1. The number of nitrogens with zero attached hydrogens (tertiary/aromatic N) is 1. The van der Waals surface area contributed by atoms with Crippen molar-refractivity contribution in [2.75, 3.05) is 13.1 Å². The van der Waals surface area contributed by atoms with Crippen LogP contribution in [0.1, 0.15) is 27.5 Å². The topological polar surface area (TPSA) is 54.0 Å². The molecule has 1 saturated heterocycles. The van der Waals surface area contributed by atoms with E-state index < -0.39 is 0 Å². The fourth-order valence-corrected chi connectivity index (χ4v) is 3.43. The summed E-state index contributed by atoms with van der Waals surface area (Å²) in [5, 5.41) is 7.38. The molecule has 126 valence electrons. The van der Waals surface area contributed by atoms with Crippen molar-refractivity contribution >= 4 is 42.1 Å². The van der Waals surface area contributed by atoms with Gasteiger partial charge in [0.05, 0.1) is 10.7 Å². The quantitative estimate of drug-likeness (QED) is 0.865. The lowest BCUT2D eigenvalue weighted by molar-refractivity contribution is 0.0934. The Balaban J connectivity index is 0.00000132. The molecule has 0 saturated carbocycles. The van der Waals surface area contributed by atoms with Crippen molar-refractivity contribution in [2.45, 2.75) is 25.8 Å². The first kappa shape index (κ1) is 19.9. The minimum atomic E-state index is 0. The van der Waals surface area contributed by atoms with Crippen molar-refractivity contribution in [3.05, 3.63) is 40.2 Å². The molecule has 0 atom stereocenters. The van der Waals surface area contributed by atoms with Crippen molar-refractivity contribution < 1.29 is 4.79 Å². The van der Waals surface area contributed by atoms with Gasteiger partial charge in [-0.25, -0.2) is 4.98 Å². The molecule has 1 amide bonds. The third kappa shape index (κ3) is 4.91. The van der Waals surface area contributed by atoms with Gasteiger partial charge in [-0.1, -0.05) is 30.3 Å². The molecule has 0 unspecified atom stereocenters. The number of aromatic nitrogens is 1. The van der Waals surface area contributed by atoms with Gasteiger partial charge in [-0.3, -0.25) is 4.79 Å². The average molecular weight is 374 g/mol. The zero-order valence-corrected chi connectivity index (χ0v) is 15.3. The molecule has 1 aromatic carbocycles. The standard InChI is InChI=1S/C16H19N3OS.2ClH/c1-11-18-14(12-5-3-2-4-6-12)15(21-11)16(20)19-13-7-9-17-10-8-13;;/h2-6,13,17H,7-10H2,1H3,(H,19,20);2*1H. The first-order valence-electron chi connectivity index (χ1n) is 7.28. The van der Waals surface area contributed by atoms with Crippen LogP contribution in [0.4, 0.5) is 0 Å². The van der Waals surface area contributed by atoms with E-state index >= 15 is 0 Å². The van der Waals surface area contributed by atoms with Crippen LogP contribution >= 0.6 is 36.2 Å². The molecule has 7 heteroatoms. The Hall–Kier alpha value is -1.14. The zero-order chi connectivity index (χ0) is 14.7. The summed E-state index contributed by atoms with van der Waals surface area (Å²) >= 11 is 1.47. The lowest BCUT2D eigenvalue weighted by Crippen LogP contribution is -2.42. The second kappa shape index (κ2) is 9.23. The van der Waals surface area contributed by atoms with Crippen molar-refractivity contribution in [3.8, 4) is 11.3 Å². The molecule has 2 heterocycles. The van der Waals surface area contributed by atoms with Gasteiger partial charge in [-0.2, -0.15) is 0 Å². The number of halogens is 2. The van der Waals surface area contributed by atoms with E-state index in [-0.39, 0.29) is 36.8 Å². The normalized spacial score (nSPS) is 14.5. The number of aryl methyl sites for hydroxylation is 1. The molecule has 0 spiro atoms. The summed E-state index contributed by atoms with van der Waals surface area (Å²) in [6.45, 7) is 3.88. The summed E-state index contributed by atoms with van der Waals surface area (Å²) in [5.74, 6) is 0.00588. The van der Waals surface area contributed by atoms with Crippen LogP contribution < -0.4 is 10.6 Å². The third-order valence-corrected chi connectivity index (χ3v) is 4.63. The number of thiazole rings is 1. The first-order chi connectivity index (χ1) is 10.2. The molecule has 2 aromatic rings. The predicted molar refractivity (Wildman–Crippen MR) is 100 cm³/mol. The molecule has 1 aliphatic rings. The van der Waals surface area contributed by atoms with Crippen molar-refractivity contribution in [3.63, 3.8) is 0 Å². The molecule has 23 heavy (non-hydrogen) atoms. The third-order valence-electron chi connectivity index (χ3n) is 3.66. The highest BCUT2D eigenvalue weighted by molar-refractivity contribution is 7.14. The van der Waals surface area contributed by atoms with Crippen LogP contribution in [-0.4, -0.2) is 30.0 Å². The lowest BCUT2D eigenvalue weighted by Gasteiger charge is -2.23. The van der Waals surface area contributed by atoms with Gasteiger partial charge in [-0.05, 0) is 32.9 Å². The van der Waals surface area contributed by atoms with E-state index in [1.54, 1.807) is 0 Å². The fourth-order valence-electron chi connectivity index (χ4n) is 2.59. The minimum Gasteiger partial charge on any atom is -0.348 e. The van der Waals surface area contributed by atoms with Crippen molar-refractivity contribution in [1.29, 1.82) is 0 Å². The maximum atomic E-state index is 12.6. The second-order valence-electron chi connectivity index (χ2n) is 5.27. The SMILES string of the molecule is Cc1nc(-c2ccccc2)c(C(=O)NC2CCNCC2)s1.Cl.Cl. The summed E-state index contributed by atoms with van der Waals surface area (Å²) < 4.78 is 0. The summed E-state index contributed by atoms with van der Waals surface area (Å²) in [5.41, 5.74) is 1.79. The van der Waals surface area contributed by atoms with Crippen LogP contribution in [0.5, 0.6) is 0 Å². The lowest BCUT2D eigenvalue weighted by atomic mass is 10.1. The van der Waals surface area contributed by atoms with Crippen LogP contribution in [0.2, 0.25) is 0 Å². The molecule has 1 aliphatic heterocycles. The number of nitrogens with one attached hydrogen (secondary N) is 2. The van der Waals surface area contributed by atoms with E-state index in [2.05, 4.69) is 15.6 Å². The fraction of sp³-hybridized carbons (Fsp3) is 0.375. The minimum absolute atomic E-state index is 0. The van der Waals surface area contributed by atoms with Crippen molar-refractivity contribution in [1.82, 2.24) is 15.6 Å². The summed E-state index contributed by atoms with van der Waals surface area (Å²) in [6.07, 6.45) is 1.98. The van der Waals surface area contributed by atoms with Gasteiger partial charge in [-0.15, -0.1) is 36.2 Å². The van der Waals surface area contributed by atoms with Gasteiger partial charge in [0.25, 0.3) is 5.91 Å². The Morgan fingerprint density at radius 2 is 1.87 bits per heavy atom. The Bertz CT molecular complexity index is 628. The maximum Gasteiger partial charge on any atom is 0.263 e. The second-order valence-corrected chi connectivity index (χ2v) is 6.48. The highest BCUT2D eigenvalue weighted by Crippen LogP contribution is 2.28. The van der Waals surface area contributed by atoms with E-state index in [4.69, 9.17) is 0 Å². The van der Waals surface area contributed by atoms with E-state index in [1.807, 2.05) is 37.3 Å². The highest BCUT2D eigenvalue weighted by Gasteiger charge is 2.21. The molecule has 3 rings (SSSR count). The van der Waals surface area contributed by atoms with Gasteiger partial charge in [0.2, 0.25) is 0 Å². The average Bonchev–Trinajstić information content (AvgIpc) is 2.91. The number of carbonyl (C=O) groups excluding carboxylic acids is 1. The Kier molecular flexibility index (Phi) is 7.99. The zero-order valence-electron chi connectivity index (χ0n) is 12.9. The van der Waals surface area contributed by atoms with Crippen LogP contribution in [0, 0.1) is 6.92 Å². The van der Waals surface area contributed by atoms with Crippen LogP contribution in [0.25, 0.3) is 11.3 Å². The predicted octanol–water partition coefficient (Wildman–Crippen LogP) is 3.44. The van der Waals surface area contributed by atoms with Gasteiger partial charge in [0.15, 0.2) is 0 Å². The Morgan fingerprint density at radius 3 is 2.52 bits per heavy atom. The molecule has 0 bridgehead atoms. The molecule has 1 aromatic heterocycles. The van der Waals surface area contributed by atoms with Gasteiger partial charge < -0.3 is 10.6 Å². The van der Waals surface area contributed by atoms with Gasteiger partial charge >= 0.3 is 0 Å². The number of benzene rings is 1. The molecular formula is C16H21Cl2N3OS. The van der Waals surface area contributed by atoms with E-state index in [0.29, 0.717) is 0 Å². The Labute approximate surface area is 152 Å². The number of hydrogen-bond donors (Lipinski definition) is 2. The largest absolute Gasteiger partial charge is 0.348 e. The molecule has 4 nitrogen and oxygen atoms in total. The molecule has 0 aliphatic carbocycles. The Morgan fingerprint density at radius 1 is 1.22 bits per heavy atom. The monoisotopic (exact) mass is 373 g/mol. The summed E-state index contributed by atoms with van der Waals surface area (Å²) in [6, 6.07) is 10.2. The van der Waals surface area contributed by atoms with Crippen molar-refractivity contribution in [2.24, 2.45) is 0 Å². The molecule has 1 fully saturated rings. The van der Waals surface area contributed by atoms with Crippen LogP contribution in [0.15, 0.2) is 30.3 Å². The van der Waals surface area contributed by atoms with Crippen LogP contribution in [-0.2, 0) is 0 Å².